The van der Waals surface area contributed by atoms with Crippen LogP contribution in [0.3, 0.4) is 0 Å². The van der Waals surface area contributed by atoms with Gasteiger partial charge in [-0.25, -0.2) is 4.79 Å². The highest BCUT2D eigenvalue weighted by Gasteiger charge is 2.13. The topological polar surface area (TPSA) is 76.0 Å². The molecule has 2 heterocycles. The maximum absolute atomic E-state index is 11.6. The van der Waals surface area contributed by atoms with Gasteiger partial charge in [-0.1, -0.05) is 11.6 Å². The lowest BCUT2D eigenvalue weighted by atomic mass is 10.1. The van der Waals surface area contributed by atoms with Gasteiger partial charge in [-0.05, 0) is 25.1 Å². The standard InChI is InChI=1S/C12H8N2O3/c1-6-2-3-9-7(4-6)5-8-10(15)13-12(16)14-11(8)17-9/h2-5H,1H3,(H,13,15,16). The number of aromatic amines is 1. The van der Waals surface area contributed by atoms with Crippen LogP contribution in [-0.4, -0.2) is 9.97 Å². The fraction of sp³-hybridized carbons (Fsp3) is 0.0833. The Balaban J connectivity index is 2.53. The first kappa shape index (κ1) is 9.77. The Bertz CT molecular complexity index is 801. The van der Waals surface area contributed by atoms with Crippen molar-refractivity contribution in [2.24, 2.45) is 0 Å². The first-order valence-electron chi connectivity index (χ1n) is 5.08. The van der Waals surface area contributed by atoms with E-state index in [4.69, 9.17) is 4.42 Å². The molecule has 1 N–H and O–H groups in total. The van der Waals surface area contributed by atoms with E-state index in [0.717, 1.165) is 10.9 Å². The predicted octanol–water partition coefficient (Wildman–Crippen LogP) is 1.29. The molecule has 0 unspecified atom stereocenters. The molecule has 84 valence electrons. The zero-order valence-corrected chi connectivity index (χ0v) is 8.98. The molecule has 0 bridgehead atoms. The molecule has 2 aliphatic rings. The Morgan fingerprint density at radius 3 is 2.88 bits per heavy atom. The largest absolute Gasteiger partial charge is 0.437 e. The highest BCUT2D eigenvalue weighted by molar-refractivity contribution is 5.82. The molecule has 0 amide bonds. The van der Waals surface area contributed by atoms with Crippen molar-refractivity contribution in [1.82, 2.24) is 9.97 Å². The van der Waals surface area contributed by atoms with Gasteiger partial charge in [-0.15, -0.1) is 0 Å². The number of rotatable bonds is 0. The summed E-state index contributed by atoms with van der Waals surface area (Å²) in [6.07, 6.45) is 0. The first-order valence-corrected chi connectivity index (χ1v) is 5.08. The molecule has 3 rings (SSSR count). The Morgan fingerprint density at radius 2 is 2.06 bits per heavy atom. The maximum Gasteiger partial charge on any atom is 0.351 e. The van der Waals surface area contributed by atoms with E-state index in [0.29, 0.717) is 5.58 Å². The van der Waals surface area contributed by atoms with Crippen molar-refractivity contribution < 1.29 is 4.42 Å². The van der Waals surface area contributed by atoms with Gasteiger partial charge in [0.1, 0.15) is 11.1 Å². The first-order chi connectivity index (χ1) is 8.13. The normalized spacial score (nSPS) is 11.1. The fourth-order valence-corrected chi connectivity index (χ4v) is 1.78. The van der Waals surface area contributed by atoms with Crippen molar-refractivity contribution >= 4 is 11.0 Å². The molecule has 0 radical (unpaired) electrons. The van der Waals surface area contributed by atoms with Gasteiger partial charge in [0.2, 0.25) is 5.89 Å². The Labute approximate surface area is 95.1 Å². The number of fused-ring (bicyclic) bond motifs is 2. The summed E-state index contributed by atoms with van der Waals surface area (Å²) < 4.78 is 5.43. The minimum absolute atomic E-state index is 0.0649. The minimum Gasteiger partial charge on any atom is -0.437 e. The van der Waals surface area contributed by atoms with E-state index in [1.165, 1.54) is 0 Å². The quantitative estimate of drug-likeness (QED) is 0.588. The van der Waals surface area contributed by atoms with Crippen LogP contribution < -0.4 is 11.2 Å². The molecule has 0 aliphatic carbocycles. The van der Waals surface area contributed by atoms with Gasteiger partial charge in [0.25, 0.3) is 5.56 Å². The van der Waals surface area contributed by atoms with Crippen LogP contribution in [-0.2, 0) is 0 Å². The second-order valence-corrected chi connectivity index (χ2v) is 3.88. The number of H-pyrrole nitrogens is 1. The van der Waals surface area contributed by atoms with Crippen LogP contribution in [0.1, 0.15) is 5.56 Å². The maximum atomic E-state index is 11.6. The lowest BCUT2D eigenvalue weighted by Gasteiger charge is -2.04. The Hall–Kier alpha value is -2.43. The van der Waals surface area contributed by atoms with E-state index in [2.05, 4.69) is 9.97 Å². The average molecular weight is 228 g/mol. The zero-order valence-electron chi connectivity index (χ0n) is 8.98. The van der Waals surface area contributed by atoms with Gasteiger partial charge in [0.15, 0.2) is 0 Å². The lowest BCUT2D eigenvalue weighted by Crippen LogP contribution is -2.24. The summed E-state index contributed by atoms with van der Waals surface area (Å²) in [5, 5.41) is 0.809. The van der Waals surface area contributed by atoms with E-state index in [1.807, 2.05) is 19.1 Å². The molecule has 0 spiro atoms. The molecule has 0 saturated carbocycles. The van der Waals surface area contributed by atoms with Crippen molar-refractivity contribution in [3.05, 3.63) is 50.7 Å². The van der Waals surface area contributed by atoms with E-state index in [9.17, 15) is 9.59 Å². The molecule has 1 aromatic carbocycles. The third-order valence-corrected chi connectivity index (χ3v) is 2.57. The molecule has 0 atom stereocenters. The number of nitrogens with zero attached hydrogens (tertiary/aromatic N) is 1. The molecule has 2 aliphatic heterocycles. The monoisotopic (exact) mass is 228 g/mol. The highest BCUT2D eigenvalue weighted by Crippen LogP contribution is 2.23. The van der Waals surface area contributed by atoms with Crippen LogP contribution in [0.5, 0.6) is 0 Å². The smallest absolute Gasteiger partial charge is 0.351 e. The van der Waals surface area contributed by atoms with Gasteiger partial charge in [0, 0.05) is 5.39 Å². The molecule has 0 aromatic heterocycles. The number of aryl methyl sites for hydroxylation is 1. The zero-order chi connectivity index (χ0) is 12.0. The average Bonchev–Trinajstić information content (AvgIpc) is 2.27. The van der Waals surface area contributed by atoms with Gasteiger partial charge in [-0.2, -0.15) is 4.98 Å². The van der Waals surface area contributed by atoms with Crippen LogP contribution in [0.25, 0.3) is 22.4 Å². The van der Waals surface area contributed by atoms with Crippen LogP contribution in [0.15, 0.2) is 38.3 Å². The summed E-state index contributed by atoms with van der Waals surface area (Å²) in [4.78, 5) is 28.4. The number of hydrogen-bond donors (Lipinski definition) is 1. The van der Waals surface area contributed by atoms with Crippen LogP contribution in [0.2, 0.25) is 0 Å². The molecule has 5 nitrogen and oxygen atoms in total. The molecule has 0 fully saturated rings. The third-order valence-electron chi connectivity index (χ3n) is 2.57. The lowest BCUT2D eigenvalue weighted by molar-refractivity contribution is 0.592. The molecule has 0 saturated heterocycles. The summed E-state index contributed by atoms with van der Waals surface area (Å²) in [6.45, 7) is 1.95. The van der Waals surface area contributed by atoms with Gasteiger partial charge in [0.05, 0.1) is 0 Å². The highest BCUT2D eigenvalue weighted by atomic mass is 16.3. The fourth-order valence-electron chi connectivity index (χ4n) is 1.78. The third kappa shape index (κ3) is 1.52. The predicted molar refractivity (Wildman–Crippen MR) is 62.3 cm³/mol. The van der Waals surface area contributed by atoms with Crippen molar-refractivity contribution in [3.8, 4) is 11.5 Å². The summed E-state index contributed by atoms with van der Waals surface area (Å²) in [5.41, 5.74) is 0.769. The van der Waals surface area contributed by atoms with E-state index in [-0.39, 0.29) is 11.5 Å². The van der Waals surface area contributed by atoms with E-state index >= 15 is 0 Å². The molecular formula is C12H8N2O3. The van der Waals surface area contributed by atoms with Crippen molar-refractivity contribution in [3.63, 3.8) is 0 Å². The SMILES string of the molecule is Cc1ccc2oc3nc(=O)[nH]c(=O)c-3cc2c1. The Morgan fingerprint density at radius 1 is 1.24 bits per heavy atom. The van der Waals surface area contributed by atoms with Gasteiger partial charge in [-0.3, -0.25) is 9.78 Å². The summed E-state index contributed by atoms with van der Waals surface area (Å²) in [5.74, 6) is 0.0649. The summed E-state index contributed by atoms with van der Waals surface area (Å²) in [7, 11) is 0. The van der Waals surface area contributed by atoms with Crippen LogP contribution in [0.4, 0.5) is 0 Å². The van der Waals surface area contributed by atoms with Crippen molar-refractivity contribution in [1.29, 1.82) is 0 Å². The number of hydrogen-bond acceptors (Lipinski definition) is 4. The summed E-state index contributed by atoms with van der Waals surface area (Å²) in [6, 6.07) is 7.26. The molecule has 17 heavy (non-hydrogen) atoms. The van der Waals surface area contributed by atoms with Crippen molar-refractivity contribution in [2.75, 3.05) is 0 Å². The number of benzene rings is 1. The molecule has 1 aromatic rings. The minimum atomic E-state index is -0.697. The van der Waals surface area contributed by atoms with E-state index < -0.39 is 11.2 Å². The Kier molecular flexibility index (Phi) is 1.89. The van der Waals surface area contributed by atoms with Crippen LogP contribution >= 0.6 is 0 Å². The van der Waals surface area contributed by atoms with Crippen molar-refractivity contribution in [2.45, 2.75) is 6.92 Å². The number of nitrogens with one attached hydrogen (secondary N) is 1. The second-order valence-electron chi connectivity index (χ2n) is 3.88. The van der Waals surface area contributed by atoms with Gasteiger partial charge < -0.3 is 4.42 Å². The van der Waals surface area contributed by atoms with E-state index in [1.54, 1.807) is 12.1 Å². The molecular weight excluding hydrogens is 220 g/mol. The summed E-state index contributed by atoms with van der Waals surface area (Å²) >= 11 is 0. The number of aromatic nitrogens is 2. The second kappa shape index (κ2) is 3.28. The van der Waals surface area contributed by atoms with Crippen LogP contribution in [0, 0.1) is 6.92 Å². The molecule has 5 heteroatoms. The van der Waals surface area contributed by atoms with Gasteiger partial charge >= 0.3 is 5.69 Å².